The van der Waals surface area contributed by atoms with Gasteiger partial charge >= 0.3 is 13.7 Å². The van der Waals surface area contributed by atoms with Gasteiger partial charge in [0.1, 0.15) is 12.4 Å². The summed E-state index contributed by atoms with van der Waals surface area (Å²) in [6.07, 6.45) is -1.51. The van der Waals surface area contributed by atoms with Crippen molar-refractivity contribution in [2.24, 2.45) is 0 Å². The molecule has 1 fully saturated rings. The van der Waals surface area contributed by atoms with E-state index in [2.05, 4.69) is 4.74 Å². The zero-order valence-corrected chi connectivity index (χ0v) is 7.40. The van der Waals surface area contributed by atoms with Gasteiger partial charge in [-0.15, -0.1) is 0 Å². The summed E-state index contributed by atoms with van der Waals surface area (Å²) in [5, 5.41) is 0. The van der Waals surface area contributed by atoms with E-state index in [1.807, 2.05) is 0 Å². The SMILES string of the molecule is C[C@@H]1CN(CP(=O)(O)O)C(=O)O1. The van der Waals surface area contributed by atoms with Gasteiger partial charge in [-0.25, -0.2) is 4.79 Å². The summed E-state index contributed by atoms with van der Waals surface area (Å²) in [5.41, 5.74) is 0. The molecule has 7 heteroatoms. The first-order valence-corrected chi connectivity index (χ1v) is 5.18. The first kappa shape index (κ1) is 9.51. The lowest BCUT2D eigenvalue weighted by atomic mass is 10.4. The van der Waals surface area contributed by atoms with Crippen molar-refractivity contribution in [3.05, 3.63) is 0 Å². The Morgan fingerprint density at radius 2 is 2.33 bits per heavy atom. The van der Waals surface area contributed by atoms with Gasteiger partial charge in [0.2, 0.25) is 0 Å². The second-order valence-corrected chi connectivity index (χ2v) is 4.34. The van der Waals surface area contributed by atoms with Gasteiger partial charge in [-0.3, -0.25) is 9.46 Å². The maximum absolute atomic E-state index is 10.8. The smallest absolute Gasteiger partial charge is 0.410 e. The molecule has 0 aliphatic carbocycles. The second-order valence-electron chi connectivity index (χ2n) is 2.72. The van der Waals surface area contributed by atoms with E-state index < -0.39 is 20.0 Å². The lowest BCUT2D eigenvalue weighted by Gasteiger charge is -2.12. The molecule has 0 spiro atoms. The van der Waals surface area contributed by atoms with Crippen LogP contribution in [0.5, 0.6) is 0 Å². The molecule has 0 unspecified atom stereocenters. The fraction of sp³-hybridized carbons (Fsp3) is 0.800. The summed E-state index contributed by atoms with van der Waals surface area (Å²) in [7, 11) is -4.15. The molecule has 0 saturated carbocycles. The van der Waals surface area contributed by atoms with Crippen LogP contribution in [0, 0.1) is 0 Å². The molecular weight excluding hydrogens is 185 g/mol. The van der Waals surface area contributed by atoms with Gasteiger partial charge in [-0.2, -0.15) is 0 Å². The molecule has 1 aliphatic rings. The highest BCUT2D eigenvalue weighted by atomic mass is 31.2. The third-order valence-electron chi connectivity index (χ3n) is 1.39. The van der Waals surface area contributed by atoms with Gasteiger partial charge < -0.3 is 14.5 Å². The summed E-state index contributed by atoms with van der Waals surface area (Å²) in [4.78, 5) is 28.9. The molecule has 70 valence electrons. The minimum absolute atomic E-state index is 0.240. The Morgan fingerprint density at radius 3 is 2.67 bits per heavy atom. The van der Waals surface area contributed by atoms with E-state index >= 15 is 0 Å². The molecular formula is C5H10NO5P. The molecule has 1 heterocycles. The molecule has 6 nitrogen and oxygen atoms in total. The van der Waals surface area contributed by atoms with Crippen LogP contribution < -0.4 is 0 Å². The number of carbonyl (C=O) groups excluding carboxylic acids is 1. The van der Waals surface area contributed by atoms with Crippen molar-refractivity contribution in [2.45, 2.75) is 13.0 Å². The molecule has 1 rings (SSSR count). The van der Waals surface area contributed by atoms with E-state index in [0.29, 0.717) is 0 Å². The Labute approximate surface area is 69.3 Å². The van der Waals surface area contributed by atoms with Crippen LogP contribution in [-0.4, -0.2) is 39.7 Å². The van der Waals surface area contributed by atoms with Gasteiger partial charge in [-0.05, 0) is 6.92 Å². The van der Waals surface area contributed by atoms with E-state index in [-0.39, 0.29) is 12.6 Å². The van der Waals surface area contributed by atoms with Crippen LogP contribution in [0.2, 0.25) is 0 Å². The van der Waals surface area contributed by atoms with Gasteiger partial charge in [0.05, 0.1) is 6.54 Å². The summed E-state index contributed by atoms with van der Waals surface area (Å²) in [6, 6.07) is 0. The molecule has 1 saturated heterocycles. The highest BCUT2D eigenvalue weighted by Crippen LogP contribution is 2.36. The molecule has 0 aromatic carbocycles. The van der Waals surface area contributed by atoms with Crippen molar-refractivity contribution < 1.29 is 23.9 Å². The number of nitrogens with zero attached hydrogens (tertiary/aromatic N) is 1. The number of rotatable bonds is 2. The normalized spacial score (nSPS) is 24.4. The summed E-state index contributed by atoms with van der Waals surface area (Å²) in [6.45, 7) is 1.90. The lowest BCUT2D eigenvalue weighted by molar-refractivity contribution is 0.139. The minimum atomic E-state index is -4.15. The van der Waals surface area contributed by atoms with Gasteiger partial charge in [-0.1, -0.05) is 0 Å². The zero-order valence-electron chi connectivity index (χ0n) is 6.51. The van der Waals surface area contributed by atoms with E-state index in [0.717, 1.165) is 4.90 Å². The third-order valence-corrected chi connectivity index (χ3v) is 2.10. The first-order valence-electron chi connectivity index (χ1n) is 3.38. The van der Waals surface area contributed by atoms with Crippen LogP contribution >= 0.6 is 7.60 Å². The largest absolute Gasteiger partial charge is 0.444 e. The molecule has 0 aromatic heterocycles. The Kier molecular flexibility index (Phi) is 2.41. The fourth-order valence-electron chi connectivity index (χ4n) is 1.01. The predicted molar refractivity (Wildman–Crippen MR) is 39.6 cm³/mol. The Hall–Kier alpha value is -0.580. The lowest BCUT2D eigenvalue weighted by Crippen LogP contribution is -2.25. The number of carbonyl (C=O) groups is 1. The Morgan fingerprint density at radius 1 is 1.75 bits per heavy atom. The Balaban J connectivity index is 2.55. The van der Waals surface area contributed by atoms with Crippen molar-refractivity contribution in [3.63, 3.8) is 0 Å². The first-order chi connectivity index (χ1) is 5.38. The number of hydrogen-bond donors (Lipinski definition) is 2. The highest BCUT2D eigenvalue weighted by Gasteiger charge is 2.32. The highest BCUT2D eigenvalue weighted by molar-refractivity contribution is 7.51. The van der Waals surface area contributed by atoms with Gasteiger partial charge in [0, 0.05) is 0 Å². The average Bonchev–Trinajstić information content (AvgIpc) is 2.06. The molecule has 2 N–H and O–H groups in total. The quantitative estimate of drug-likeness (QED) is 0.604. The molecule has 1 atom stereocenters. The van der Waals surface area contributed by atoms with Crippen LogP contribution in [0.1, 0.15) is 6.92 Å². The molecule has 0 bridgehead atoms. The van der Waals surface area contributed by atoms with Crippen LogP contribution in [-0.2, 0) is 9.30 Å². The fourth-order valence-corrected chi connectivity index (χ4v) is 1.68. The van der Waals surface area contributed by atoms with E-state index in [1.165, 1.54) is 0 Å². The topological polar surface area (TPSA) is 87.1 Å². The molecule has 0 radical (unpaired) electrons. The van der Waals surface area contributed by atoms with Crippen LogP contribution in [0.15, 0.2) is 0 Å². The number of cyclic esters (lactones) is 1. The average molecular weight is 195 g/mol. The van der Waals surface area contributed by atoms with Gasteiger partial charge in [0.25, 0.3) is 0 Å². The maximum Gasteiger partial charge on any atom is 0.410 e. The van der Waals surface area contributed by atoms with E-state index in [1.54, 1.807) is 6.92 Å². The Bertz CT molecular complexity index is 236. The molecule has 1 amide bonds. The molecule has 1 aliphatic heterocycles. The predicted octanol–water partition coefficient (Wildman–Crippen LogP) is -0.0377. The van der Waals surface area contributed by atoms with Crippen LogP contribution in [0.25, 0.3) is 0 Å². The summed E-state index contributed by atoms with van der Waals surface area (Å²) >= 11 is 0. The monoisotopic (exact) mass is 195 g/mol. The summed E-state index contributed by atoms with van der Waals surface area (Å²) < 4.78 is 15.1. The standard InChI is InChI=1S/C5H10NO5P/c1-4-2-6(5(7)11-4)3-12(8,9)10/h4H,2-3H2,1H3,(H2,8,9,10)/t4-/m1/s1. The van der Waals surface area contributed by atoms with E-state index in [9.17, 15) is 9.36 Å². The number of amides is 1. The molecule has 0 aromatic rings. The van der Waals surface area contributed by atoms with Crippen molar-refractivity contribution in [1.29, 1.82) is 0 Å². The number of ether oxygens (including phenoxy) is 1. The van der Waals surface area contributed by atoms with Crippen molar-refractivity contribution in [1.82, 2.24) is 4.90 Å². The zero-order chi connectivity index (χ0) is 9.35. The maximum atomic E-state index is 10.8. The third kappa shape index (κ3) is 2.48. The van der Waals surface area contributed by atoms with Crippen molar-refractivity contribution in [2.75, 3.05) is 12.8 Å². The molecule has 12 heavy (non-hydrogen) atoms. The van der Waals surface area contributed by atoms with Crippen LogP contribution in [0.4, 0.5) is 4.79 Å². The van der Waals surface area contributed by atoms with Crippen molar-refractivity contribution in [3.8, 4) is 0 Å². The van der Waals surface area contributed by atoms with Gasteiger partial charge in [0.15, 0.2) is 0 Å². The van der Waals surface area contributed by atoms with E-state index in [4.69, 9.17) is 9.79 Å². The minimum Gasteiger partial charge on any atom is -0.444 e. The summed E-state index contributed by atoms with van der Waals surface area (Å²) in [5.74, 6) is 0. The van der Waals surface area contributed by atoms with Crippen LogP contribution in [0.3, 0.4) is 0 Å². The van der Waals surface area contributed by atoms with Crippen molar-refractivity contribution >= 4 is 13.7 Å². The number of hydrogen-bond acceptors (Lipinski definition) is 3. The second kappa shape index (κ2) is 3.05.